The van der Waals surface area contributed by atoms with Gasteiger partial charge in [0.05, 0.1) is 5.69 Å². The maximum Gasteiger partial charge on any atom is 0.234 e. The Morgan fingerprint density at radius 1 is 1.10 bits per heavy atom. The molecule has 0 radical (unpaired) electrons. The van der Waals surface area contributed by atoms with Crippen molar-refractivity contribution < 1.29 is 9.59 Å². The minimum atomic E-state index is -0.228. The highest BCUT2D eigenvalue weighted by atomic mass is 16.2. The molecule has 114 valence electrons. The molecule has 1 N–H and O–H groups in total. The monoisotopic (exact) mass is 288 g/mol. The van der Waals surface area contributed by atoms with E-state index in [4.69, 9.17) is 0 Å². The minimum absolute atomic E-state index is 0.104. The Balaban J connectivity index is 2.08. The van der Waals surface area contributed by atoms with Gasteiger partial charge in [-0.1, -0.05) is 32.9 Å². The first kappa shape index (κ1) is 15.7. The lowest BCUT2D eigenvalue weighted by molar-refractivity contribution is -0.132. The zero-order valence-corrected chi connectivity index (χ0v) is 13.1. The SMILES string of the molecule is CCCNCc1ccc(N2C(=O)CC(C)(C)CC2=O)cc1. The molecule has 1 saturated heterocycles. The third kappa shape index (κ3) is 3.91. The standard InChI is InChI=1S/C17H24N2O2/c1-4-9-18-12-13-5-7-14(8-6-13)19-15(20)10-17(2,3)11-16(19)21/h5-8,18H,4,9-12H2,1-3H3. The number of hydrogen-bond donors (Lipinski definition) is 1. The second-order valence-electron chi connectivity index (χ2n) is 6.48. The third-order valence-corrected chi connectivity index (χ3v) is 3.71. The van der Waals surface area contributed by atoms with E-state index in [2.05, 4.69) is 12.2 Å². The van der Waals surface area contributed by atoms with Crippen LogP contribution in [0.25, 0.3) is 0 Å². The van der Waals surface area contributed by atoms with Crippen molar-refractivity contribution >= 4 is 17.5 Å². The lowest BCUT2D eigenvalue weighted by Gasteiger charge is -2.34. The van der Waals surface area contributed by atoms with Crippen LogP contribution in [0.2, 0.25) is 0 Å². The molecule has 0 unspecified atom stereocenters. The fourth-order valence-corrected chi connectivity index (χ4v) is 2.64. The highest BCUT2D eigenvalue weighted by Crippen LogP contribution is 2.33. The van der Waals surface area contributed by atoms with Gasteiger partial charge in [-0.3, -0.25) is 14.5 Å². The van der Waals surface area contributed by atoms with Crippen LogP contribution in [0.4, 0.5) is 5.69 Å². The van der Waals surface area contributed by atoms with Crippen LogP contribution in [-0.2, 0) is 16.1 Å². The molecule has 21 heavy (non-hydrogen) atoms. The van der Waals surface area contributed by atoms with E-state index >= 15 is 0 Å². The van der Waals surface area contributed by atoms with Crippen LogP contribution >= 0.6 is 0 Å². The highest BCUT2D eigenvalue weighted by molar-refractivity contribution is 6.16. The number of carbonyl (C=O) groups is 2. The Kier molecular flexibility index (Phi) is 4.78. The molecule has 2 rings (SSSR count). The summed E-state index contributed by atoms with van der Waals surface area (Å²) in [6, 6.07) is 7.66. The molecule has 0 bridgehead atoms. The Hall–Kier alpha value is -1.68. The maximum absolute atomic E-state index is 12.2. The molecule has 0 aromatic heterocycles. The highest BCUT2D eigenvalue weighted by Gasteiger charge is 2.38. The molecule has 1 heterocycles. The summed E-state index contributed by atoms with van der Waals surface area (Å²) in [5, 5.41) is 3.33. The van der Waals surface area contributed by atoms with Gasteiger partial charge in [0, 0.05) is 19.4 Å². The van der Waals surface area contributed by atoms with Crippen molar-refractivity contribution in [3.8, 4) is 0 Å². The van der Waals surface area contributed by atoms with E-state index in [1.165, 1.54) is 4.90 Å². The molecule has 1 aliphatic heterocycles. The van der Waals surface area contributed by atoms with Gasteiger partial charge < -0.3 is 5.32 Å². The van der Waals surface area contributed by atoms with E-state index in [1.807, 2.05) is 38.1 Å². The van der Waals surface area contributed by atoms with Crippen LogP contribution in [0.5, 0.6) is 0 Å². The number of rotatable bonds is 5. The summed E-state index contributed by atoms with van der Waals surface area (Å²) in [5.41, 5.74) is 1.61. The lowest BCUT2D eigenvalue weighted by Crippen LogP contribution is -2.46. The fourth-order valence-electron chi connectivity index (χ4n) is 2.64. The van der Waals surface area contributed by atoms with Gasteiger partial charge in [-0.05, 0) is 36.1 Å². The van der Waals surface area contributed by atoms with Crippen molar-refractivity contribution in [3.63, 3.8) is 0 Å². The molecule has 0 saturated carbocycles. The van der Waals surface area contributed by atoms with E-state index in [9.17, 15) is 9.59 Å². The Morgan fingerprint density at radius 3 is 2.19 bits per heavy atom. The summed E-state index contributed by atoms with van der Waals surface area (Å²) in [4.78, 5) is 25.7. The zero-order chi connectivity index (χ0) is 15.5. The molecule has 0 spiro atoms. The molecule has 4 nitrogen and oxygen atoms in total. The molecule has 1 aromatic rings. The number of carbonyl (C=O) groups excluding carboxylic acids is 2. The van der Waals surface area contributed by atoms with Crippen LogP contribution in [0.3, 0.4) is 0 Å². The molecule has 1 aromatic carbocycles. The van der Waals surface area contributed by atoms with Gasteiger partial charge in [0.2, 0.25) is 11.8 Å². The predicted octanol–water partition coefficient (Wildman–Crippen LogP) is 2.87. The molecule has 0 atom stereocenters. The molecular formula is C17H24N2O2. The summed E-state index contributed by atoms with van der Waals surface area (Å²) in [5.74, 6) is -0.207. The average molecular weight is 288 g/mol. The zero-order valence-electron chi connectivity index (χ0n) is 13.1. The van der Waals surface area contributed by atoms with Crippen LogP contribution in [0.1, 0.15) is 45.6 Å². The molecular weight excluding hydrogens is 264 g/mol. The average Bonchev–Trinajstić information content (AvgIpc) is 2.38. The molecule has 2 amide bonds. The van der Waals surface area contributed by atoms with Crippen molar-refractivity contribution in [2.24, 2.45) is 5.41 Å². The first-order valence-electron chi connectivity index (χ1n) is 7.58. The van der Waals surface area contributed by atoms with Crippen molar-refractivity contribution in [2.45, 2.75) is 46.6 Å². The second-order valence-corrected chi connectivity index (χ2v) is 6.48. The first-order chi connectivity index (χ1) is 9.93. The van der Waals surface area contributed by atoms with Gasteiger partial charge >= 0.3 is 0 Å². The quantitative estimate of drug-likeness (QED) is 0.669. The van der Waals surface area contributed by atoms with E-state index in [1.54, 1.807) is 0 Å². The topological polar surface area (TPSA) is 49.4 Å². The minimum Gasteiger partial charge on any atom is -0.313 e. The van der Waals surface area contributed by atoms with E-state index in [0.717, 1.165) is 25.1 Å². The van der Waals surface area contributed by atoms with Gasteiger partial charge in [-0.2, -0.15) is 0 Å². The summed E-state index contributed by atoms with van der Waals surface area (Å²) in [6.07, 6.45) is 1.93. The largest absolute Gasteiger partial charge is 0.313 e. The van der Waals surface area contributed by atoms with Crippen LogP contribution in [-0.4, -0.2) is 18.4 Å². The van der Waals surface area contributed by atoms with Gasteiger partial charge in [0.25, 0.3) is 0 Å². The van der Waals surface area contributed by atoms with Gasteiger partial charge in [0.15, 0.2) is 0 Å². The van der Waals surface area contributed by atoms with Crippen molar-refractivity contribution in [1.29, 1.82) is 0 Å². The number of imide groups is 1. The number of nitrogens with one attached hydrogen (secondary N) is 1. The van der Waals surface area contributed by atoms with Gasteiger partial charge in [-0.25, -0.2) is 0 Å². The van der Waals surface area contributed by atoms with Crippen LogP contribution in [0, 0.1) is 5.41 Å². The predicted molar refractivity (Wildman–Crippen MR) is 83.9 cm³/mol. The molecule has 1 fully saturated rings. The molecule has 4 heteroatoms. The fraction of sp³-hybridized carbons (Fsp3) is 0.529. The summed E-state index contributed by atoms with van der Waals surface area (Å²) in [7, 11) is 0. The number of amides is 2. The Bertz CT molecular complexity index is 500. The van der Waals surface area contributed by atoms with E-state index < -0.39 is 0 Å². The normalized spacial score (nSPS) is 18.1. The van der Waals surface area contributed by atoms with Crippen molar-refractivity contribution in [2.75, 3.05) is 11.4 Å². The number of nitrogens with zero attached hydrogens (tertiary/aromatic N) is 1. The number of benzene rings is 1. The number of piperidine rings is 1. The van der Waals surface area contributed by atoms with Crippen molar-refractivity contribution in [1.82, 2.24) is 5.32 Å². The molecule has 1 aliphatic rings. The first-order valence-corrected chi connectivity index (χ1v) is 7.58. The Labute approximate surface area is 126 Å². The van der Waals surface area contributed by atoms with Gasteiger partial charge in [0.1, 0.15) is 0 Å². The summed E-state index contributed by atoms with van der Waals surface area (Å²) >= 11 is 0. The summed E-state index contributed by atoms with van der Waals surface area (Å²) in [6.45, 7) is 7.85. The van der Waals surface area contributed by atoms with E-state index in [0.29, 0.717) is 18.5 Å². The van der Waals surface area contributed by atoms with Crippen LogP contribution in [0.15, 0.2) is 24.3 Å². The van der Waals surface area contributed by atoms with Crippen molar-refractivity contribution in [3.05, 3.63) is 29.8 Å². The number of hydrogen-bond acceptors (Lipinski definition) is 3. The molecule has 0 aliphatic carbocycles. The lowest BCUT2D eigenvalue weighted by atomic mass is 9.81. The Morgan fingerprint density at radius 2 is 1.67 bits per heavy atom. The van der Waals surface area contributed by atoms with Crippen LogP contribution < -0.4 is 10.2 Å². The smallest absolute Gasteiger partial charge is 0.234 e. The second kappa shape index (κ2) is 6.39. The van der Waals surface area contributed by atoms with Gasteiger partial charge in [-0.15, -0.1) is 0 Å². The third-order valence-electron chi connectivity index (χ3n) is 3.71. The van der Waals surface area contributed by atoms with E-state index in [-0.39, 0.29) is 17.2 Å². The summed E-state index contributed by atoms with van der Waals surface area (Å²) < 4.78 is 0. The maximum atomic E-state index is 12.2. The number of anilines is 1.